The third-order valence-corrected chi connectivity index (χ3v) is 2.18. The highest BCUT2D eigenvalue weighted by Crippen LogP contribution is 2.17. The van der Waals surface area contributed by atoms with E-state index in [9.17, 15) is 9.18 Å². The van der Waals surface area contributed by atoms with Gasteiger partial charge in [0.15, 0.2) is 0 Å². The summed E-state index contributed by atoms with van der Waals surface area (Å²) in [6, 6.07) is 3.97. The van der Waals surface area contributed by atoms with E-state index >= 15 is 0 Å². The maximum absolute atomic E-state index is 13.3. The number of ether oxygens (including phenoxy) is 2. The predicted molar refractivity (Wildman–Crippen MR) is 71.3 cm³/mol. The summed E-state index contributed by atoms with van der Waals surface area (Å²) in [5, 5.41) is 2.39. The zero-order valence-electron chi connectivity index (χ0n) is 11.1. The molecule has 0 aliphatic carbocycles. The summed E-state index contributed by atoms with van der Waals surface area (Å²) in [6.45, 7) is 4.39. The van der Waals surface area contributed by atoms with Gasteiger partial charge in [-0.1, -0.05) is 0 Å². The van der Waals surface area contributed by atoms with Crippen LogP contribution in [0.5, 0.6) is 0 Å². The zero-order valence-corrected chi connectivity index (χ0v) is 11.1. The minimum atomic E-state index is -0.536. The molecular formula is C13H19FN2O3. The number of nitrogens with two attached hydrogens (primary N) is 1. The van der Waals surface area contributed by atoms with E-state index in [1.165, 1.54) is 18.2 Å². The van der Waals surface area contributed by atoms with Crippen LogP contribution in [-0.2, 0) is 14.3 Å². The van der Waals surface area contributed by atoms with Crippen molar-refractivity contribution in [2.45, 2.75) is 20.0 Å². The average Bonchev–Trinajstić information content (AvgIpc) is 2.33. The Morgan fingerprint density at radius 1 is 1.42 bits per heavy atom. The van der Waals surface area contributed by atoms with Gasteiger partial charge in [-0.15, -0.1) is 0 Å². The van der Waals surface area contributed by atoms with Crippen LogP contribution in [0.15, 0.2) is 18.2 Å². The zero-order chi connectivity index (χ0) is 14.3. The molecule has 1 amide bonds. The molecule has 6 heteroatoms. The van der Waals surface area contributed by atoms with Crippen molar-refractivity contribution in [3.8, 4) is 0 Å². The fourth-order valence-corrected chi connectivity index (χ4v) is 1.33. The summed E-state index contributed by atoms with van der Waals surface area (Å²) in [6.07, 6.45) is 0.124. The third kappa shape index (κ3) is 6.17. The number of benzene rings is 1. The van der Waals surface area contributed by atoms with Crippen LogP contribution in [-0.4, -0.2) is 31.8 Å². The van der Waals surface area contributed by atoms with E-state index in [1.807, 2.05) is 13.8 Å². The lowest BCUT2D eigenvalue weighted by Gasteiger charge is -2.09. The van der Waals surface area contributed by atoms with E-state index in [0.717, 1.165) is 0 Å². The molecule has 0 aromatic heterocycles. The minimum Gasteiger partial charge on any atom is -0.399 e. The quantitative estimate of drug-likeness (QED) is 0.585. The maximum Gasteiger partial charge on any atom is 0.250 e. The first-order chi connectivity index (χ1) is 8.99. The molecule has 3 N–H and O–H groups in total. The molecule has 5 nitrogen and oxygen atoms in total. The molecule has 0 saturated heterocycles. The Morgan fingerprint density at radius 3 is 2.84 bits per heavy atom. The summed E-state index contributed by atoms with van der Waals surface area (Å²) < 4.78 is 23.7. The molecule has 1 rings (SSSR count). The topological polar surface area (TPSA) is 73.6 Å². The van der Waals surface area contributed by atoms with E-state index in [0.29, 0.717) is 18.9 Å². The van der Waals surface area contributed by atoms with Crippen molar-refractivity contribution in [1.82, 2.24) is 0 Å². The number of nitrogens with one attached hydrogen (secondary N) is 1. The first-order valence-corrected chi connectivity index (χ1v) is 6.03. The maximum atomic E-state index is 13.3. The van der Waals surface area contributed by atoms with E-state index in [2.05, 4.69) is 5.32 Å². The van der Waals surface area contributed by atoms with E-state index in [4.69, 9.17) is 15.2 Å². The summed E-state index contributed by atoms with van der Waals surface area (Å²) in [5.74, 6) is -0.972. The van der Waals surface area contributed by atoms with Crippen molar-refractivity contribution in [1.29, 1.82) is 0 Å². The number of nitrogen functional groups attached to an aromatic ring is 1. The number of carbonyl (C=O) groups is 1. The first kappa shape index (κ1) is 15.4. The first-order valence-electron chi connectivity index (χ1n) is 6.03. The molecule has 0 spiro atoms. The molecule has 0 unspecified atom stereocenters. The second-order valence-corrected chi connectivity index (χ2v) is 4.26. The van der Waals surface area contributed by atoms with Gasteiger partial charge in [-0.2, -0.15) is 0 Å². The highest BCUT2D eigenvalue weighted by Gasteiger charge is 2.07. The number of anilines is 2. The number of hydrogen-bond acceptors (Lipinski definition) is 4. The van der Waals surface area contributed by atoms with Gasteiger partial charge in [0.1, 0.15) is 12.4 Å². The van der Waals surface area contributed by atoms with E-state index in [1.54, 1.807) is 0 Å². The standard InChI is InChI=1S/C13H19FN2O3/c1-9(2)19-6-5-18-8-13(17)16-12-7-10(15)3-4-11(12)14/h3-4,7,9H,5-6,8,15H2,1-2H3,(H,16,17). The lowest BCUT2D eigenvalue weighted by molar-refractivity contribution is -0.121. The average molecular weight is 270 g/mol. The van der Waals surface area contributed by atoms with Gasteiger partial charge in [0.05, 0.1) is 25.0 Å². The molecule has 0 radical (unpaired) electrons. The molecule has 0 aliphatic heterocycles. The van der Waals surface area contributed by atoms with Crippen molar-refractivity contribution in [3.05, 3.63) is 24.0 Å². The Bertz CT molecular complexity index is 424. The second-order valence-electron chi connectivity index (χ2n) is 4.26. The van der Waals surface area contributed by atoms with Crippen LogP contribution < -0.4 is 11.1 Å². The van der Waals surface area contributed by atoms with E-state index < -0.39 is 11.7 Å². The van der Waals surface area contributed by atoms with Crippen LogP contribution in [0.25, 0.3) is 0 Å². The van der Waals surface area contributed by atoms with Gasteiger partial charge >= 0.3 is 0 Å². The van der Waals surface area contributed by atoms with Gasteiger partial charge in [0, 0.05) is 5.69 Å². The Labute approximate surface area is 111 Å². The lowest BCUT2D eigenvalue weighted by atomic mass is 10.2. The van der Waals surface area contributed by atoms with Crippen molar-refractivity contribution in [2.75, 3.05) is 30.9 Å². The molecule has 106 valence electrons. The van der Waals surface area contributed by atoms with Crippen LogP contribution in [0.4, 0.5) is 15.8 Å². The summed E-state index contributed by atoms with van der Waals surface area (Å²) in [4.78, 5) is 11.5. The Balaban J connectivity index is 2.29. The van der Waals surface area contributed by atoms with E-state index in [-0.39, 0.29) is 18.4 Å². The molecule has 0 aliphatic rings. The molecular weight excluding hydrogens is 251 g/mol. The van der Waals surface area contributed by atoms with Crippen LogP contribution in [0.1, 0.15) is 13.8 Å². The van der Waals surface area contributed by atoms with Crippen molar-refractivity contribution in [3.63, 3.8) is 0 Å². The normalized spacial score (nSPS) is 10.7. The fraction of sp³-hybridized carbons (Fsp3) is 0.462. The molecule has 0 fully saturated rings. The molecule has 0 atom stereocenters. The Hall–Kier alpha value is -1.66. The van der Waals surface area contributed by atoms with Crippen molar-refractivity contribution in [2.24, 2.45) is 0 Å². The van der Waals surface area contributed by atoms with Crippen LogP contribution in [0.2, 0.25) is 0 Å². The minimum absolute atomic E-state index is 0.0482. The van der Waals surface area contributed by atoms with Crippen LogP contribution in [0, 0.1) is 5.82 Å². The van der Waals surface area contributed by atoms with Crippen molar-refractivity contribution >= 4 is 17.3 Å². The largest absolute Gasteiger partial charge is 0.399 e. The molecule has 19 heavy (non-hydrogen) atoms. The highest BCUT2D eigenvalue weighted by molar-refractivity contribution is 5.92. The second kappa shape index (κ2) is 7.70. The monoisotopic (exact) mass is 270 g/mol. The number of hydrogen-bond donors (Lipinski definition) is 2. The number of amides is 1. The SMILES string of the molecule is CC(C)OCCOCC(=O)Nc1cc(N)ccc1F. The third-order valence-electron chi connectivity index (χ3n) is 2.18. The molecule has 1 aromatic carbocycles. The summed E-state index contributed by atoms with van der Waals surface area (Å²) in [5.41, 5.74) is 5.93. The Kier molecular flexibility index (Phi) is 6.24. The highest BCUT2D eigenvalue weighted by atomic mass is 19.1. The van der Waals surface area contributed by atoms with Gasteiger partial charge in [-0.3, -0.25) is 4.79 Å². The van der Waals surface area contributed by atoms with Gasteiger partial charge in [-0.05, 0) is 32.0 Å². The summed E-state index contributed by atoms with van der Waals surface area (Å²) in [7, 11) is 0. The van der Waals surface area contributed by atoms with Gasteiger partial charge in [0.2, 0.25) is 5.91 Å². The van der Waals surface area contributed by atoms with Crippen molar-refractivity contribution < 1.29 is 18.7 Å². The summed E-state index contributed by atoms with van der Waals surface area (Å²) >= 11 is 0. The van der Waals surface area contributed by atoms with Gasteiger partial charge in [-0.25, -0.2) is 4.39 Å². The number of halogens is 1. The molecule has 0 bridgehead atoms. The smallest absolute Gasteiger partial charge is 0.250 e. The number of rotatable bonds is 7. The van der Waals surface area contributed by atoms with Crippen LogP contribution in [0.3, 0.4) is 0 Å². The molecule has 1 aromatic rings. The molecule has 0 saturated carbocycles. The van der Waals surface area contributed by atoms with Crippen LogP contribution >= 0.6 is 0 Å². The number of carbonyl (C=O) groups excluding carboxylic acids is 1. The van der Waals surface area contributed by atoms with Gasteiger partial charge in [0.25, 0.3) is 0 Å². The van der Waals surface area contributed by atoms with Gasteiger partial charge < -0.3 is 20.5 Å². The Morgan fingerprint density at radius 2 is 2.16 bits per heavy atom. The fourth-order valence-electron chi connectivity index (χ4n) is 1.33. The molecule has 0 heterocycles. The lowest BCUT2D eigenvalue weighted by Crippen LogP contribution is -2.21. The predicted octanol–water partition coefficient (Wildman–Crippen LogP) is 1.79.